The second-order valence-electron chi connectivity index (χ2n) is 3.53. The molecule has 0 aliphatic carbocycles. The molecule has 0 aliphatic heterocycles. The third kappa shape index (κ3) is 3.24. The van der Waals surface area contributed by atoms with Crippen LogP contribution < -0.4 is 11.2 Å². The van der Waals surface area contributed by atoms with Crippen molar-refractivity contribution < 1.29 is 15.0 Å². The molecule has 1 heterocycles. The second kappa shape index (κ2) is 5.74. The van der Waals surface area contributed by atoms with Crippen molar-refractivity contribution >= 4 is 17.7 Å². The summed E-state index contributed by atoms with van der Waals surface area (Å²) in [7, 11) is 0. The molecule has 0 aromatic carbocycles. The number of carboxylic acid groups (broad SMARTS) is 1. The molecule has 2 atom stereocenters. The molecule has 0 aliphatic rings. The lowest BCUT2D eigenvalue weighted by molar-refractivity contribution is -0.139. The summed E-state index contributed by atoms with van der Waals surface area (Å²) >= 11 is 1.44. The smallest absolute Gasteiger partial charge is 0.322 e. The number of carboxylic acids is 1. The van der Waals surface area contributed by atoms with Gasteiger partial charge in [-0.25, -0.2) is 0 Å². The van der Waals surface area contributed by atoms with Crippen LogP contribution in [0.4, 0.5) is 0 Å². The lowest BCUT2D eigenvalue weighted by atomic mass is 10.1. The highest BCUT2D eigenvalue weighted by Crippen LogP contribution is 2.17. The zero-order valence-electron chi connectivity index (χ0n) is 9.24. The summed E-state index contributed by atoms with van der Waals surface area (Å²) in [5.74, 6) is -1.08. The predicted molar refractivity (Wildman–Crippen MR) is 65.4 cm³/mol. The van der Waals surface area contributed by atoms with Gasteiger partial charge in [-0.15, -0.1) is 0 Å². The van der Waals surface area contributed by atoms with Crippen molar-refractivity contribution in [3.05, 3.63) is 28.7 Å². The first-order valence-electron chi connectivity index (χ1n) is 4.85. The van der Waals surface area contributed by atoms with Crippen LogP contribution in [0.25, 0.3) is 0 Å². The maximum Gasteiger partial charge on any atom is 0.322 e. The highest BCUT2D eigenvalue weighted by Gasteiger charge is 2.25. The Kier molecular flexibility index (Phi) is 4.59. The molecule has 1 aromatic rings. The van der Waals surface area contributed by atoms with Gasteiger partial charge < -0.3 is 20.5 Å². The number of hydrogen-bond acceptors (Lipinski definition) is 5. The maximum absolute atomic E-state index is 11.0. The summed E-state index contributed by atoms with van der Waals surface area (Å²) in [6, 6.07) is -0.435. The fourth-order valence-electron chi connectivity index (χ4n) is 1.40. The summed E-state index contributed by atoms with van der Waals surface area (Å²) in [6.07, 6.45) is 4.45. The number of aliphatic carboxylic acids is 1. The molecule has 0 bridgehead atoms. The minimum Gasteiger partial charge on any atom is -0.503 e. The number of rotatable bonds is 5. The molecule has 1 rings (SSSR count). The molecule has 94 valence electrons. The van der Waals surface area contributed by atoms with Gasteiger partial charge in [0.1, 0.15) is 6.04 Å². The Morgan fingerprint density at radius 3 is 2.76 bits per heavy atom. The fraction of sp³-hybridized carbons (Fsp3) is 0.400. The summed E-state index contributed by atoms with van der Waals surface area (Å²) < 4.78 is 1.45. The lowest BCUT2D eigenvalue weighted by Crippen LogP contribution is -2.40. The van der Waals surface area contributed by atoms with E-state index in [-0.39, 0.29) is 0 Å². The van der Waals surface area contributed by atoms with E-state index in [4.69, 9.17) is 10.8 Å². The molecule has 1 unspecified atom stereocenters. The van der Waals surface area contributed by atoms with E-state index in [1.807, 2.05) is 6.26 Å². The topological polar surface area (TPSA) is 106 Å². The van der Waals surface area contributed by atoms with E-state index in [0.29, 0.717) is 5.75 Å². The van der Waals surface area contributed by atoms with Gasteiger partial charge in [0.2, 0.25) is 5.43 Å². The van der Waals surface area contributed by atoms with E-state index in [0.717, 1.165) is 0 Å². The van der Waals surface area contributed by atoms with E-state index >= 15 is 0 Å². The molecule has 7 heteroatoms. The SMILES string of the molecule is CSCC([C@H](N)C(=O)O)n1ccc(=O)c(O)c1. The maximum atomic E-state index is 11.0. The van der Waals surface area contributed by atoms with Gasteiger partial charge >= 0.3 is 5.97 Å². The Balaban J connectivity index is 3.09. The van der Waals surface area contributed by atoms with Crippen molar-refractivity contribution in [1.29, 1.82) is 0 Å². The molecule has 6 nitrogen and oxygen atoms in total. The van der Waals surface area contributed by atoms with Gasteiger partial charge in [0.15, 0.2) is 5.75 Å². The summed E-state index contributed by atoms with van der Waals surface area (Å²) in [5.41, 5.74) is 5.07. The van der Waals surface area contributed by atoms with Gasteiger partial charge in [0, 0.05) is 18.0 Å². The van der Waals surface area contributed by atoms with E-state index in [9.17, 15) is 14.7 Å². The van der Waals surface area contributed by atoms with Gasteiger partial charge in [-0.2, -0.15) is 11.8 Å². The molecule has 0 fully saturated rings. The summed E-state index contributed by atoms with van der Waals surface area (Å²) in [6.45, 7) is 0. The van der Waals surface area contributed by atoms with E-state index in [2.05, 4.69) is 0 Å². The molecule has 0 amide bonds. The second-order valence-corrected chi connectivity index (χ2v) is 4.44. The Morgan fingerprint density at radius 1 is 1.65 bits per heavy atom. The Bertz CT molecular complexity index is 460. The van der Waals surface area contributed by atoms with Crippen molar-refractivity contribution in [3.8, 4) is 5.75 Å². The summed E-state index contributed by atoms with van der Waals surface area (Å²) in [5, 5.41) is 18.2. The van der Waals surface area contributed by atoms with Gasteiger partial charge in [-0.05, 0) is 6.26 Å². The molecule has 1 aromatic heterocycles. The van der Waals surface area contributed by atoms with E-state index < -0.39 is 29.2 Å². The third-order valence-electron chi connectivity index (χ3n) is 2.34. The van der Waals surface area contributed by atoms with Crippen molar-refractivity contribution in [3.63, 3.8) is 0 Å². The highest BCUT2D eigenvalue weighted by atomic mass is 32.2. The predicted octanol–water partition coefficient (Wildman–Crippen LogP) is -0.130. The number of aromatic nitrogens is 1. The quantitative estimate of drug-likeness (QED) is 0.679. The number of nitrogens with zero attached hydrogens (tertiary/aromatic N) is 1. The number of nitrogens with two attached hydrogens (primary N) is 1. The van der Waals surface area contributed by atoms with Crippen LogP contribution in [0, 0.1) is 0 Å². The monoisotopic (exact) mass is 258 g/mol. The molecule has 0 radical (unpaired) electrons. The van der Waals surface area contributed by atoms with Crippen molar-refractivity contribution in [2.24, 2.45) is 5.73 Å². The Morgan fingerprint density at radius 2 is 2.29 bits per heavy atom. The average Bonchev–Trinajstić information content (AvgIpc) is 2.29. The molecule has 0 spiro atoms. The van der Waals surface area contributed by atoms with Crippen LogP contribution in [0.3, 0.4) is 0 Å². The Hall–Kier alpha value is -1.47. The van der Waals surface area contributed by atoms with Crippen LogP contribution in [0.15, 0.2) is 23.3 Å². The minimum atomic E-state index is -1.12. The standard InChI is InChI=1S/C10H14N2O4S/c1-17-5-6(9(11)10(15)16)12-3-2-7(13)8(14)4-12/h2-4,6,9,14H,5,11H2,1H3,(H,15,16)/t6?,9-/m0/s1. The summed E-state index contributed by atoms with van der Waals surface area (Å²) in [4.78, 5) is 21.9. The van der Waals surface area contributed by atoms with Crippen LogP contribution in [-0.4, -0.2) is 38.8 Å². The van der Waals surface area contributed by atoms with Gasteiger partial charge in [0.25, 0.3) is 0 Å². The first-order valence-corrected chi connectivity index (χ1v) is 6.25. The first-order chi connectivity index (χ1) is 7.97. The van der Waals surface area contributed by atoms with Crippen LogP contribution in [0.5, 0.6) is 5.75 Å². The van der Waals surface area contributed by atoms with Crippen molar-refractivity contribution in [2.75, 3.05) is 12.0 Å². The molecular weight excluding hydrogens is 244 g/mol. The van der Waals surface area contributed by atoms with Gasteiger partial charge in [-0.3, -0.25) is 9.59 Å². The van der Waals surface area contributed by atoms with Gasteiger partial charge in [-0.1, -0.05) is 0 Å². The third-order valence-corrected chi connectivity index (χ3v) is 3.02. The van der Waals surface area contributed by atoms with E-state index in [1.165, 1.54) is 34.8 Å². The number of aromatic hydroxyl groups is 1. The number of carbonyl (C=O) groups is 1. The fourth-order valence-corrected chi connectivity index (χ4v) is 2.12. The molecular formula is C10H14N2O4S. The zero-order chi connectivity index (χ0) is 13.0. The molecule has 0 saturated carbocycles. The largest absolute Gasteiger partial charge is 0.503 e. The van der Waals surface area contributed by atoms with Gasteiger partial charge in [0.05, 0.1) is 12.2 Å². The molecule has 4 N–H and O–H groups in total. The molecule has 17 heavy (non-hydrogen) atoms. The number of pyridine rings is 1. The highest BCUT2D eigenvalue weighted by molar-refractivity contribution is 7.98. The van der Waals surface area contributed by atoms with Crippen molar-refractivity contribution in [1.82, 2.24) is 4.57 Å². The van der Waals surface area contributed by atoms with E-state index in [1.54, 1.807) is 0 Å². The zero-order valence-corrected chi connectivity index (χ0v) is 10.1. The average molecular weight is 258 g/mol. The van der Waals surface area contributed by atoms with Crippen molar-refractivity contribution in [2.45, 2.75) is 12.1 Å². The first kappa shape index (κ1) is 13.6. The lowest BCUT2D eigenvalue weighted by Gasteiger charge is -2.23. The Labute approximate surface area is 102 Å². The molecule has 0 saturated heterocycles. The van der Waals surface area contributed by atoms with Crippen LogP contribution >= 0.6 is 11.8 Å². The number of hydrogen-bond donors (Lipinski definition) is 3. The minimum absolute atomic E-state index is 0.420. The number of thioether (sulfide) groups is 1. The van der Waals surface area contributed by atoms with Crippen LogP contribution in [-0.2, 0) is 4.79 Å². The van der Waals surface area contributed by atoms with Crippen LogP contribution in [0.2, 0.25) is 0 Å². The van der Waals surface area contributed by atoms with Crippen LogP contribution in [0.1, 0.15) is 6.04 Å². The normalized spacial score (nSPS) is 14.2.